The molecular formula is C18H21N3O3S. The Morgan fingerprint density at radius 1 is 1.04 bits per heavy atom. The van der Waals surface area contributed by atoms with Crippen LogP contribution in [0.15, 0.2) is 48.5 Å². The molecule has 1 aliphatic rings. The molecule has 0 saturated heterocycles. The highest BCUT2D eigenvalue weighted by Gasteiger charge is 2.23. The van der Waals surface area contributed by atoms with Crippen molar-refractivity contribution in [3.05, 3.63) is 59.7 Å². The maximum atomic E-state index is 12.4. The largest absolute Gasteiger partial charge is 0.334 e. The fraction of sp³-hybridized carbons (Fsp3) is 0.278. The van der Waals surface area contributed by atoms with Crippen LogP contribution in [0.1, 0.15) is 11.1 Å². The van der Waals surface area contributed by atoms with E-state index in [-0.39, 0.29) is 12.1 Å². The number of rotatable bonds is 4. The minimum absolute atomic E-state index is 0.0391. The normalized spacial score (nSPS) is 14.0. The van der Waals surface area contributed by atoms with Crippen molar-refractivity contribution in [3.63, 3.8) is 0 Å². The van der Waals surface area contributed by atoms with Crippen LogP contribution in [0.25, 0.3) is 0 Å². The number of hydrogen-bond donors (Lipinski definition) is 2. The number of para-hydroxylation sites is 2. The summed E-state index contributed by atoms with van der Waals surface area (Å²) in [6.45, 7) is 0. The third-order valence-electron chi connectivity index (χ3n) is 4.38. The van der Waals surface area contributed by atoms with Crippen LogP contribution in [-0.2, 0) is 22.9 Å². The van der Waals surface area contributed by atoms with E-state index in [4.69, 9.17) is 0 Å². The number of sulfonamides is 1. The van der Waals surface area contributed by atoms with Crippen molar-refractivity contribution in [2.45, 2.75) is 18.9 Å². The van der Waals surface area contributed by atoms with Crippen LogP contribution in [0.4, 0.5) is 16.2 Å². The molecule has 0 heterocycles. The summed E-state index contributed by atoms with van der Waals surface area (Å²) in [4.78, 5) is 12.4. The van der Waals surface area contributed by atoms with Gasteiger partial charge in [0, 0.05) is 13.1 Å². The Morgan fingerprint density at radius 3 is 2.20 bits per heavy atom. The van der Waals surface area contributed by atoms with Crippen molar-refractivity contribution in [2.75, 3.05) is 22.9 Å². The molecule has 2 aromatic rings. The zero-order valence-electron chi connectivity index (χ0n) is 14.2. The maximum Gasteiger partial charge on any atom is 0.319 e. The van der Waals surface area contributed by atoms with E-state index in [9.17, 15) is 13.2 Å². The van der Waals surface area contributed by atoms with Gasteiger partial charge in [-0.05, 0) is 36.1 Å². The molecule has 0 saturated carbocycles. The molecule has 0 fully saturated rings. The third-order valence-corrected chi connectivity index (χ3v) is 5.57. The summed E-state index contributed by atoms with van der Waals surface area (Å²) in [5.74, 6) is 0. The Kier molecular flexibility index (Phi) is 4.67. The number of hydrogen-bond acceptors (Lipinski definition) is 3. The second-order valence-electron chi connectivity index (χ2n) is 6.22. The monoisotopic (exact) mass is 359 g/mol. The van der Waals surface area contributed by atoms with Crippen molar-refractivity contribution in [2.24, 2.45) is 0 Å². The van der Waals surface area contributed by atoms with Gasteiger partial charge in [-0.1, -0.05) is 36.4 Å². The molecule has 0 atom stereocenters. The standard InChI is InChI=1S/C18H21N3O3S/c1-21(25(2,23)24)17-10-6-5-9-16(17)20-18(22)19-15-11-13-7-3-4-8-14(13)12-15/h3-10,15H,11-12H2,1-2H3,(H2,19,20,22). The smallest absolute Gasteiger partial charge is 0.319 e. The Balaban J connectivity index is 1.69. The van der Waals surface area contributed by atoms with E-state index in [2.05, 4.69) is 22.8 Å². The molecule has 2 aromatic carbocycles. The first-order valence-corrected chi connectivity index (χ1v) is 9.86. The average molecular weight is 359 g/mol. The molecule has 132 valence electrons. The molecule has 6 nitrogen and oxygen atoms in total. The summed E-state index contributed by atoms with van der Waals surface area (Å²) < 4.78 is 24.7. The molecule has 0 unspecified atom stereocenters. The molecule has 3 rings (SSSR count). The summed E-state index contributed by atoms with van der Waals surface area (Å²) >= 11 is 0. The van der Waals surface area contributed by atoms with Crippen LogP contribution in [0.5, 0.6) is 0 Å². The third kappa shape index (κ3) is 3.93. The number of carbonyl (C=O) groups is 1. The Bertz CT molecular complexity index is 871. The Morgan fingerprint density at radius 2 is 1.60 bits per heavy atom. The van der Waals surface area contributed by atoms with Crippen molar-refractivity contribution >= 4 is 27.4 Å². The van der Waals surface area contributed by atoms with E-state index in [1.165, 1.54) is 18.2 Å². The summed E-state index contributed by atoms with van der Waals surface area (Å²) in [5, 5.41) is 5.72. The first-order chi connectivity index (χ1) is 11.8. The lowest BCUT2D eigenvalue weighted by atomic mass is 10.1. The van der Waals surface area contributed by atoms with Gasteiger partial charge in [0.2, 0.25) is 10.0 Å². The van der Waals surface area contributed by atoms with Gasteiger partial charge in [0.25, 0.3) is 0 Å². The minimum atomic E-state index is -3.41. The fourth-order valence-electron chi connectivity index (χ4n) is 3.04. The first kappa shape index (κ1) is 17.3. The van der Waals surface area contributed by atoms with Gasteiger partial charge in [-0.15, -0.1) is 0 Å². The van der Waals surface area contributed by atoms with Crippen molar-refractivity contribution in [1.82, 2.24) is 5.32 Å². The predicted molar refractivity (Wildman–Crippen MR) is 99.5 cm³/mol. The molecule has 2 amide bonds. The van der Waals surface area contributed by atoms with E-state index in [1.807, 2.05) is 12.1 Å². The number of nitrogens with one attached hydrogen (secondary N) is 2. The number of carbonyl (C=O) groups excluding carboxylic acids is 1. The van der Waals surface area contributed by atoms with E-state index in [0.29, 0.717) is 11.4 Å². The summed E-state index contributed by atoms with van der Waals surface area (Å²) in [6, 6.07) is 14.7. The number of amides is 2. The molecule has 0 radical (unpaired) electrons. The molecule has 1 aliphatic carbocycles. The van der Waals surface area contributed by atoms with E-state index in [0.717, 1.165) is 23.4 Å². The number of benzene rings is 2. The molecule has 25 heavy (non-hydrogen) atoms. The molecule has 2 N–H and O–H groups in total. The SMILES string of the molecule is CN(c1ccccc1NC(=O)NC1Cc2ccccc2C1)S(C)(=O)=O. The van der Waals surface area contributed by atoms with E-state index in [1.54, 1.807) is 24.3 Å². The van der Waals surface area contributed by atoms with Gasteiger partial charge in [0.15, 0.2) is 0 Å². The molecular weight excluding hydrogens is 338 g/mol. The van der Waals surface area contributed by atoms with Crippen LogP contribution in [0, 0.1) is 0 Å². The van der Waals surface area contributed by atoms with Gasteiger partial charge in [-0.25, -0.2) is 13.2 Å². The van der Waals surface area contributed by atoms with Gasteiger partial charge < -0.3 is 10.6 Å². The summed E-state index contributed by atoms with van der Waals surface area (Å²) in [5.41, 5.74) is 3.38. The number of fused-ring (bicyclic) bond motifs is 1. The highest BCUT2D eigenvalue weighted by Crippen LogP contribution is 2.26. The molecule has 0 spiro atoms. The topological polar surface area (TPSA) is 78.5 Å². The minimum Gasteiger partial charge on any atom is -0.334 e. The highest BCUT2D eigenvalue weighted by molar-refractivity contribution is 7.92. The van der Waals surface area contributed by atoms with E-state index >= 15 is 0 Å². The zero-order chi connectivity index (χ0) is 18.0. The first-order valence-electron chi connectivity index (χ1n) is 8.02. The fourth-order valence-corrected chi connectivity index (χ4v) is 3.55. The lowest BCUT2D eigenvalue weighted by Crippen LogP contribution is -2.38. The van der Waals surface area contributed by atoms with Crippen LogP contribution < -0.4 is 14.9 Å². The number of urea groups is 1. The van der Waals surface area contributed by atoms with E-state index < -0.39 is 10.0 Å². The molecule has 0 bridgehead atoms. The van der Waals surface area contributed by atoms with Gasteiger partial charge in [-0.2, -0.15) is 0 Å². The van der Waals surface area contributed by atoms with Crippen molar-refractivity contribution in [1.29, 1.82) is 0 Å². The maximum absolute atomic E-state index is 12.4. The van der Waals surface area contributed by atoms with Crippen LogP contribution in [-0.4, -0.2) is 33.8 Å². The number of anilines is 2. The van der Waals surface area contributed by atoms with Gasteiger partial charge in [-0.3, -0.25) is 4.31 Å². The van der Waals surface area contributed by atoms with Gasteiger partial charge >= 0.3 is 6.03 Å². The Hall–Kier alpha value is -2.54. The molecule has 7 heteroatoms. The Labute approximate surface area is 147 Å². The van der Waals surface area contributed by atoms with Gasteiger partial charge in [0.05, 0.1) is 17.6 Å². The van der Waals surface area contributed by atoms with Gasteiger partial charge in [0.1, 0.15) is 0 Å². The molecule has 0 aromatic heterocycles. The average Bonchev–Trinajstić information content (AvgIpc) is 2.95. The van der Waals surface area contributed by atoms with Crippen LogP contribution in [0.2, 0.25) is 0 Å². The summed E-state index contributed by atoms with van der Waals surface area (Å²) in [7, 11) is -1.95. The van der Waals surface area contributed by atoms with Crippen molar-refractivity contribution < 1.29 is 13.2 Å². The summed E-state index contributed by atoms with van der Waals surface area (Å²) in [6.07, 6.45) is 2.72. The lowest BCUT2D eigenvalue weighted by molar-refractivity contribution is 0.249. The highest BCUT2D eigenvalue weighted by atomic mass is 32.2. The second-order valence-corrected chi connectivity index (χ2v) is 8.23. The lowest BCUT2D eigenvalue weighted by Gasteiger charge is -2.21. The van der Waals surface area contributed by atoms with Crippen LogP contribution in [0.3, 0.4) is 0 Å². The van der Waals surface area contributed by atoms with Crippen LogP contribution >= 0.6 is 0 Å². The second kappa shape index (κ2) is 6.76. The van der Waals surface area contributed by atoms with Crippen molar-refractivity contribution in [3.8, 4) is 0 Å². The molecule has 0 aliphatic heterocycles. The number of nitrogens with zero attached hydrogens (tertiary/aromatic N) is 1. The predicted octanol–water partition coefficient (Wildman–Crippen LogP) is 2.37. The quantitative estimate of drug-likeness (QED) is 0.880. The zero-order valence-corrected chi connectivity index (χ0v) is 15.0.